The molecule has 2 aromatic rings. The van der Waals surface area contributed by atoms with Crippen LogP contribution in [0, 0.1) is 10.1 Å². The van der Waals surface area contributed by atoms with Crippen molar-refractivity contribution in [3.8, 4) is 16.9 Å². The molecule has 0 aliphatic heterocycles. The molecule has 0 bridgehead atoms. The van der Waals surface area contributed by atoms with Crippen molar-refractivity contribution in [2.75, 3.05) is 7.11 Å². The molecule has 126 valence electrons. The molecule has 0 fully saturated rings. The van der Waals surface area contributed by atoms with Gasteiger partial charge in [0.1, 0.15) is 16.9 Å². The largest absolute Gasteiger partial charge is 0.496 e. The number of benzene rings is 2. The van der Waals surface area contributed by atoms with Gasteiger partial charge in [0.25, 0.3) is 5.69 Å². The lowest BCUT2D eigenvalue weighted by Crippen LogP contribution is -2.24. The van der Waals surface area contributed by atoms with E-state index >= 15 is 0 Å². The third kappa shape index (κ3) is 3.90. The maximum atomic E-state index is 12.2. The van der Waals surface area contributed by atoms with E-state index in [0.29, 0.717) is 16.9 Å². The molecule has 0 N–H and O–H groups in total. The van der Waals surface area contributed by atoms with Gasteiger partial charge in [-0.1, -0.05) is 24.3 Å². The van der Waals surface area contributed by atoms with E-state index in [2.05, 4.69) is 0 Å². The summed E-state index contributed by atoms with van der Waals surface area (Å²) in [6.07, 6.45) is 0. The summed E-state index contributed by atoms with van der Waals surface area (Å²) in [6, 6.07) is 11.6. The first kappa shape index (κ1) is 17.5. The van der Waals surface area contributed by atoms with Gasteiger partial charge in [0.2, 0.25) is 0 Å². The molecule has 0 aromatic heterocycles. The second-order valence-corrected chi connectivity index (χ2v) is 6.19. The first-order chi connectivity index (χ1) is 11.2. The van der Waals surface area contributed by atoms with Crippen LogP contribution in [0.1, 0.15) is 31.1 Å². The highest BCUT2D eigenvalue weighted by Gasteiger charge is 2.26. The molecule has 0 atom stereocenters. The van der Waals surface area contributed by atoms with Crippen LogP contribution in [-0.2, 0) is 4.74 Å². The molecule has 0 amide bonds. The Bertz CT molecular complexity index is 777. The lowest BCUT2D eigenvalue weighted by atomic mass is 10.0. The second kappa shape index (κ2) is 6.70. The van der Waals surface area contributed by atoms with E-state index in [9.17, 15) is 14.9 Å². The Kier molecular flexibility index (Phi) is 4.87. The minimum Gasteiger partial charge on any atom is -0.496 e. The fourth-order valence-electron chi connectivity index (χ4n) is 2.24. The summed E-state index contributed by atoms with van der Waals surface area (Å²) in [4.78, 5) is 23.0. The van der Waals surface area contributed by atoms with Gasteiger partial charge in [-0.05, 0) is 38.5 Å². The number of hydrogen-bond acceptors (Lipinski definition) is 5. The minimum absolute atomic E-state index is 0.0754. The zero-order chi connectivity index (χ0) is 17.9. The minimum atomic E-state index is -0.730. The predicted molar refractivity (Wildman–Crippen MR) is 90.3 cm³/mol. The number of rotatable bonds is 4. The lowest BCUT2D eigenvalue weighted by Gasteiger charge is -2.19. The van der Waals surface area contributed by atoms with Crippen LogP contribution in [0.5, 0.6) is 5.75 Å². The Hall–Kier alpha value is -2.89. The van der Waals surface area contributed by atoms with Crippen LogP contribution in [0.4, 0.5) is 5.69 Å². The van der Waals surface area contributed by atoms with Crippen molar-refractivity contribution in [2.45, 2.75) is 26.4 Å². The van der Waals surface area contributed by atoms with Crippen LogP contribution in [0.25, 0.3) is 11.1 Å². The zero-order valence-corrected chi connectivity index (χ0v) is 14.0. The molecule has 0 saturated heterocycles. The number of para-hydroxylation sites is 1. The van der Waals surface area contributed by atoms with E-state index in [1.165, 1.54) is 19.2 Å². The summed E-state index contributed by atoms with van der Waals surface area (Å²) in [5, 5.41) is 11.4. The van der Waals surface area contributed by atoms with Crippen molar-refractivity contribution in [2.24, 2.45) is 0 Å². The Morgan fingerprint density at radius 3 is 2.38 bits per heavy atom. The highest BCUT2D eigenvalue weighted by atomic mass is 16.6. The number of esters is 1. The predicted octanol–water partition coefficient (Wildman–Crippen LogP) is 4.23. The smallest absolute Gasteiger partial charge is 0.345 e. The molecule has 0 spiro atoms. The zero-order valence-electron chi connectivity index (χ0n) is 14.0. The third-order valence-electron chi connectivity index (χ3n) is 3.23. The number of carbonyl (C=O) groups is 1. The van der Waals surface area contributed by atoms with Crippen LogP contribution in [0.2, 0.25) is 0 Å². The third-order valence-corrected chi connectivity index (χ3v) is 3.23. The van der Waals surface area contributed by atoms with E-state index in [0.717, 1.165) is 0 Å². The van der Waals surface area contributed by atoms with Gasteiger partial charge in [0.15, 0.2) is 0 Å². The number of carbonyl (C=O) groups excluding carboxylic acids is 1. The first-order valence-electron chi connectivity index (χ1n) is 7.38. The standard InChI is InChI=1S/C18H19NO5/c1-18(2,3)24-17(20)14-10-9-12(11-15(14)19(21)22)13-7-5-6-8-16(13)23-4/h5-11H,1-4H3. The van der Waals surface area contributed by atoms with Crippen LogP contribution in [0.15, 0.2) is 42.5 Å². The van der Waals surface area contributed by atoms with Gasteiger partial charge in [-0.25, -0.2) is 4.79 Å². The maximum Gasteiger partial charge on any atom is 0.345 e. The molecule has 2 rings (SSSR count). The fraction of sp³-hybridized carbons (Fsp3) is 0.278. The fourth-order valence-corrected chi connectivity index (χ4v) is 2.24. The lowest BCUT2D eigenvalue weighted by molar-refractivity contribution is -0.385. The van der Waals surface area contributed by atoms with Crippen molar-refractivity contribution < 1.29 is 19.2 Å². The molecule has 0 saturated carbocycles. The average molecular weight is 329 g/mol. The molecule has 0 radical (unpaired) electrons. The number of nitro groups is 1. The maximum absolute atomic E-state index is 12.2. The summed E-state index contributed by atoms with van der Waals surface area (Å²) in [5.41, 5.74) is 0.193. The average Bonchev–Trinajstić information content (AvgIpc) is 2.52. The summed E-state index contributed by atoms with van der Waals surface area (Å²) in [7, 11) is 1.53. The molecule has 0 heterocycles. The van der Waals surface area contributed by atoms with Crippen LogP contribution < -0.4 is 4.74 Å². The van der Waals surface area contributed by atoms with E-state index in [1.807, 2.05) is 12.1 Å². The van der Waals surface area contributed by atoms with Gasteiger partial charge >= 0.3 is 5.97 Å². The molecule has 0 aliphatic carbocycles. The van der Waals surface area contributed by atoms with Crippen LogP contribution in [0.3, 0.4) is 0 Å². The monoisotopic (exact) mass is 329 g/mol. The molecule has 2 aromatic carbocycles. The summed E-state index contributed by atoms with van der Waals surface area (Å²) in [5.74, 6) is -0.127. The normalized spacial score (nSPS) is 11.0. The number of methoxy groups -OCH3 is 1. The van der Waals surface area contributed by atoms with Gasteiger partial charge in [0.05, 0.1) is 12.0 Å². The van der Waals surface area contributed by atoms with Gasteiger partial charge < -0.3 is 9.47 Å². The van der Waals surface area contributed by atoms with E-state index in [1.54, 1.807) is 39.0 Å². The summed E-state index contributed by atoms with van der Waals surface area (Å²) < 4.78 is 10.5. The van der Waals surface area contributed by atoms with E-state index < -0.39 is 16.5 Å². The molecule has 0 aliphatic rings. The number of nitro benzene ring substituents is 1. The van der Waals surface area contributed by atoms with Gasteiger partial charge in [-0.15, -0.1) is 0 Å². The Morgan fingerprint density at radius 2 is 1.79 bits per heavy atom. The quantitative estimate of drug-likeness (QED) is 0.476. The molecule has 6 heteroatoms. The Balaban J connectivity index is 2.51. The van der Waals surface area contributed by atoms with Crippen LogP contribution in [-0.4, -0.2) is 23.6 Å². The van der Waals surface area contributed by atoms with Crippen molar-refractivity contribution in [1.82, 2.24) is 0 Å². The van der Waals surface area contributed by atoms with Gasteiger partial charge in [-0.2, -0.15) is 0 Å². The SMILES string of the molecule is COc1ccccc1-c1ccc(C(=O)OC(C)(C)C)c([N+](=O)[O-])c1. The molecule has 24 heavy (non-hydrogen) atoms. The van der Waals surface area contributed by atoms with Crippen LogP contribution >= 0.6 is 0 Å². The summed E-state index contributed by atoms with van der Waals surface area (Å²) in [6.45, 7) is 5.12. The molecule has 6 nitrogen and oxygen atoms in total. The van der Waals surface area contributed by atoms with Gasteiger partial charge in [-0.3, -0.25) is 10.1 Å². The van der Waals surface area contributed by atoms with Crippen molar-refractivity contribution >= 4 is 11.7 Å². The van der Waals surface area contributed by atoms with Gasteiger partial charge in [0, 0.05) is 11.6 Å². The van der Waals surface area contributed by atoms with Crippen molar-refractivity contribution in [3.63, 3.8) is 0 Å². The Labute approximate surface area is 140 Å². The highest BCUT2D eigenvalue weighted by Crippen LogP contribution is 2.33. The van der Waals surface area contributed by atoms with Crippen molar-refractivity contribution in [1.29, 1.82) is 0 Å². The number of hydrogen-bond donors (Lipinski definition) is 0. The number of ether oxygens (including phenoxy) is 2. The topological polar surface area (TPSA) is 78.7 Å². The van der Waals surface area contributed by atoms with E-state index in [4.69, 9.17) is 9.47 Å². The number of nitrogens with zero attached hydrogens (tertiary/aromatic N) is 1. The molecule has 0 unspecified atom stereocenters. The first-order valence-corrected chi connectivity index (χ1v) is 7.38. The van der Waals surface area contributed by atoms with Crippen molar-refractivity contribution in [3.05, 3.63) is 58.1 Å². The molecular weight excluding hydrogens is 310 g/mol. The van der Waals surface area contributed by atoms with E-state index in [-0.39, 0.29) is 11.3 Å². The summed E-state index contributed by atoms with van der Waals surface area (Å²) >= 11 is 0. The molecular formula is C18H19NO5. The highest BCUT2D eigenvalue weighted by molar-refractivity contribution is 5.95. The Morgan fingerprint density at radius 1 is 1.12 bits per heavy atom. The second-order valence-electron chi connectivity index (χ2n) is 6.19.